The van der Waals surface area contributed by atoms with Gasteiger partial charge >= 0.3 is 0 Å². The van der Waals surface area contributed by atoms with Crippen LogP contribution in [0.25, 0.3) is 0 Å². The fourth-order valence-corrected chi connectivity index (χ4v) is 4.18. The zero-order chi connectivity index (χ0) is 25.9. The molecule has 3 aromatic carbocycles. The summed E-state index contributed by atoms with van der Waals surface area (Å²) in [6.45, 7) is 6.68. The highest BCUT2D eigenvalue weighted by Crippen LogP contribution is 2.19. The van der Waals surface area contributed by atoms with Gasteiger partial charge in [-0.25, -0.2) is 0 Å². The lowest BCUT2D eigenvalue weighted by atomic mass is 10.0. The number of aryl methyl sites for hydroxylation is 1. The third kappa shape index (κ3) is 8.83. The van der Waals surface area contributed by atoms with Crippen LogP contribution in [0.15, 0.2) is 83.3 Å². The molecule has 0 aromatic heterocycles. The number of nitrogens with zero attached hydrogens (tertiary/aromatic N) is 1. The number of amides is 2. The first-order valence-corrected chi connectivity index (χ1v) is 13.2. The second-order valence-electron chi connectivity index (χ2n) is 9.28. The number of ether oxygens (including phenoxy) is 1. The van der Waals surface area contributed by atoms with Gasteiger partial charge in [-0.3, -0.25) is 9.59 Å². The number of hydrogen-bond acceptors (Lipinski definition) is 3. The molecule has 3 rings (SSSR count). The molecule has 0 spiro atoms. The Hall–Kier alpha value is -3.12. The maximum atomic E-state index is 13.6. The second-order valence-corrected chi connectivity index (χ2v) is 10.2. The van der Waals surface area contributed by atoms with Crippen LogP contribution in [0.5, 0.6) is 5.75 Å². The maximum absolute atomic E-state index is 13.6. The molecule has 1 N–H and O–H groups in total. The smallest absolute Gasteiger partial charge is 0.243 e. The third-order valence-electron chi connectivity index (χ3n) is 5.79. The number of nitrogens with one attached hydrogen (secondary N) is 1. The Bertz CT molecular complexity index is 1100. The molecule has 0 fully saturated rings. The summed E-state index contributed by atoms with van der Waals surface area (Å²) in [6.07, 6.45) is 1.30. The van der Waals surface area contributed by atoms with Crippen molar-refractivity contribution in [2.24, 2.45) is 0 Å². The number of benzene rings is 3. The molecule has 0 aliphatic carbocycles. The van der Waals surface area contributed by atoms with Crippen LogP contribution in [0, 0.1) is 6.92 Å². The number of halogens is 1. The molecule has 0 aliphatic heterocycles. The van der Waals surface area contributed by atoms with Crippen molar-refractivity contribution >= 4 is 27.7 Å². The minimum absolute atomic E-state index is 0.0247. The van der Waals surface area contributed by atoms with Crippen LogP contribution in [0.2, 0.25) is 0 Å². The van der Waals surface area contributed by atoms with Gasteiger partial charge in [-0.15, -0.1) is 0 Å². The predicted molar refractivity (Wildman–Crippen MR) is 148 cm³/mol. The summed E-state index contributed by atoms with van der Waals surface area (Å²) in [5.74, 6) is 0.582. The summed E-state index contributed by atoms with van der Waals surface area (Å²) in [7, 11) is 0. The Morgan fingerprint density at radius 3 is 2.22 bits per heavy atom. The summed E-state index contributed by atoms with van der Waals surface area (Å²) in [5.41, 5.74) is 3.15. The van der Waals surface area contributed by atoms with E-state index in [0.717, 1.165) is 21.3 Å². The number of carbonyl (C=O) groups is 2. The van der Waals surface area contributed by atoms with E-state index in [0.29, 0.717) is 32.4 Å². The molecule has 190 valence electrons. The van der Waals surface area contributed by atoms with Gasteiger partial charge in [0.2, 0.25) is 11.8 Å². The molecular weight excluding hydrogens is 516 g/mol. The molecule has 1 atom stereocenters. The highest BCUT2D eigenvalue weighted by molar-refractivity contribution is 9.10. The Morgan fingerprint density at radius 1 is 0.917 bits per heavy atom. The number of hydrogen-bond donors (Lipinski definition) is 1. The minimum atomic E-state index is -0.621. The van der Waals surface area contributed by atoms with Crippen LogP contribution in [-0.2, 0) is 22.6 Å². The molecule has 0 heterocycles. The molecular formula is C30H35BrN2O3. The molecule has 0 saturated carbocycles. The predicted octanol–water partition coefficient (Wildman–Crippen LogP) is 6.08. The van der Waals surface area contributed by atoms with Gasteiger partial charge in [0.05, 0.1) is 6.61 Å². The van der Waals surface area contributed by atoms with Crippen molar-refractivity contribution < 1.29 is 14.3 Å². The molecule has 0 bridgehead atoms. The van der Waals surface area contributed by atoms with E-state index < -0.39 is 6.04 Å². The van der Waals surface area contributed by atoms with Gasteiger partial charge in [-0.1, -0.05) is 76.1 Å². The fraction of sp³-hybridized carbons (Fsp3) is 0.333. The standard InChI is InChI=1S/C30H35BrN2O3/c1-22(2)32-30(35)28(20-24-8-5-4-6-9-24)33(21-25-13-15-26(31)16-14-25)29(34)10-7-19-36-27-17-11-23(3)12-18-27/h4-6,8-9,11-18,22,28H,7,10,19-21H2,1-3H3,(H,32,35). The average Bonchev–Trinajstić information content (AvgIpc) is 2.86. The van der Waals surface area contributed by atoms with E-state index in [4.69, 9.17) is 4.74 Å². The molecule has 3 aromatic rings. The average molecular weight is 552 g/mol. The first kappa shape index (κ1) is 27.5. The van der Waals surface area contributed by atoms with E-state index in [9.17, 15) is 9.59 Å². The maximum Gasteiger partial charge on any atom is 0.243 e. The molecule has 1 unspecified atom stereocenters. The van der Waals surface area contributed by atoms with Crippen LogP contribution in [0.1, 0.15) is 43.4 Å². The summed E-state index contributed by atoms with van der Waals surface area (Å²) in [5, 5.41) is 3.02. The van der Waals surface area contributed by atoms with Crippen molar-refractivity contribution in [3.63, 3.8) is 0 Å². The van der Waals surface area contributed by atoms with E-state index in [1.54, 1.807) is 4.90 Å². The minimum Gasteiger partial charge on any atom is -0.494 e. The van der Waals surface area contributed by atoms with Crippen molar-refractivity contribution in [3.8, 4) is 5.75 Å². The molecule has 0 aliphatic rings. The van der Waals surface area contributed by atoms with Gasteiger partial charge in [0.15, 0.2) is 0 Å². The van der Waals surface area contributed by atoms with Crippen LogP contribution in [-0.4, -0.2) is 35.4 Å². The van der Waals surface area contributed by atoms with Gasteiger partial charge in [0, 0.05) is 29.9 Å². The van der Waals surface area contributed by atoms with Crippen molar-refractivity contribution in [3.05, 3.63) is 100 Å². The number of rotatable bonds is 12. The Balaban J connectivity index is 1.77. The van der Waals surface area contributed by atoms with E-state index in [-0.39, 0.29) is 17.9 Å². The van der Waals surface area contributed by atoms with Crippen molar-refractivity contribution in [2.45, 2.75) is 58.7 Å². The van der Waals surface area contributed by atoms with E-state index in [2.05, 4.69) is 21.2 Å². The third-order valence-corrected chi connectivity index (χ3v) is 6.32. The van der Waals surface area contributed by atoms with E-state index in [1.807, 2.05) is 99.6 Å². The summed E-state index contributed by atoms with van der Waals surface area (Å²) < 4.78 is 6.79. The highest BCUT2D eigenvalue weighted by atomic mass is 79.9. The Morgan fingerprint density at radius 2 is 1.58 bits per heavy atom. The SMILES string of the molecule is Cc1ccc(OCCCC(=O)N(Cc2ccc(Br)cc2)C(Cc2ccccc2)C(=O)NC(C)C)cc1. The first-order chi connectivity index (χ1) is 17.3. The summed E-state index contributed by atoms with van der Waals surface area (Å²) in [4.78, 5) is 28.6. The van der Waals surface area contributed by atoms with Gasteiger partial charge in [-0.05, 0) is 62.6 Å². The molecule has 6 heteroatoms. The lowest BCUT2D eigenvalue weighted by molar-refractivity contribution is -0.141. The monoisotopic (exact) mass is 550 g/mol. The molecule has 0 radical (unpaired) electrons. The molecule has 36 heavy (non-hydrogen) atoms. The van der Waals surface area contributed by atoms with Crippen molar-refractivity contribution in [1.29, 1.82) is 0 Å². The Labute approximate surface area is 223 Å². The highest BCUT2D eigenvalue weighted by Gasteiger charge is 2.30. The van der Waals surface area contributed by atoms with Gasteiger partial charge in [-0.2, -0.15) is 0 Å². The van der Waals surface area contributed by atoms with Crippen LogP contribution in [0.3, 0.4) is 0 Å². The van der Waals surface area contributed by atoms with Gasteiger partial charge in [0.25, 0.3) is 0 Å². The lowest BCUT2D eigenvalue weighted by Crippen LogP contribution is -2.51. The fourth-order valence-electron chi connectivity index (χ4n) is 3.91. The quantitative estimate of drug-likeness (QED) is 0.278. The zero-order valence-corrected chi connectivity index (χ0v) is 22.8. The van der Waals surface area contributed by atoms with E-state index in [1.165, 1.54) is 5.56 Å². The van der Waals surface area contributed by atoms with Crippen LogP contribution < -0.4 is 10.1 Å². The lowest BCUT2D eigenvalue weighted by Gasteiger charge is -2.32. The normalized spacial score (nSPS) is 11.7. The molecule has 0 saturated heterocycles. The van der Waals surface area contributed by atoms with Crippen LogP contribution >= 0.6 is 15.9 Å². The molecule has 2 amide bonds. The number of carbonyl (C=O) groups excluding carboxylic acids is 2. The van der Waals surface area contributed by atoms with Crippen molar-refractivity contribution in [2.75, 3.05) is 6.61 Å². The summed E-state index contributed by atoms with van der Waals surface area (Å²) in [6, 6.07) is 24.9. The van der Waals surface area contributed by atoms with Crippen molar-refractivity contribution in [1.82, 2.24) is 10.2 Å². The van der Waals surface area contributed by atoms with Gasteiger partial charge < -0.3 is 15.0 Å². The summed E-state index contributed by atoms with van der Waals surface area (Å²) >= 11 is 3.47. The topological polar surface area (TPSA) is 58.6 Å². The zero-order valence-electron chi connectivity index (χ0n) is 21.2. The molecule has 5 nitrogen and oxygen atoms in total. The van der Waals surface area contributed by atoms with Gasteiger partial charge in [0.1, 0.15) is 11.8 Å². The van der Waals surface area contributed by atoms with Crippen LogP contribution in [0.4, 0.5) is 0 Å². The first-order valence-electron chi connectivity index (χ1n) is 12.4. The van der Waals surface area contributed by atoms with E-state index >= 15 is 0 Å². The largest absolute Gasteiger partial charge is 0.494 e. The second kappa shape index (κ2) is 13.8. The Kier molecular flexibility index (Phi) is 10.6.